The fraction of sp³-hybridized carbons (Fsp3) is 0.643. The second-order valence-electron chi connectivity index (χ2n) is 9.69. The molecule has 1 aromatic carbocycles. The smallest absolute Gasteiger partial charge is 0.200 e. The Labute approximate surface area is 188 Å². The molecular weight excluding hydrogens is 390 g/mol. The highest BCUT2D eigenvalue weighted by molar-refractivity contribution is 5.31. The Morgan fingerprint density at radius 3 is 2.45 bits per heavy atom. The lowest BCUT2D eigenvalue weighted by Crippen LogP contribution is -2.31. The number of halogens is 2. The number of rotatable bonds is 11. The second kappa shape index (κ2) is 12.4. The van der Waals surface area contributed by atoms with Crippen molar-refractivity contribution < 1.29 is 13.5 Å². The molecule has 2 aliphatic carbocycles. The molecule has 2 aliphatic rings. The highest BCUT2D eigenvalue weighted by atomic mass is 19.2. The third-order valence-corrected chi connectivity index (χ3v) is 7.45. The molecule has 2 saturated carbocycles. The zero-order chi connectivity index (χ0) is 22.1. The first-order valence-corrected chi connectivity index (χ1v) is 12.5. The van der Waals surface area contributed by atoms with Crippen LogP contribution in [0.2, 0.25) is 0 Å². The van der Waals surface area contributed by atoms with Crippen LogP contribution >= 0.6 is 0 Å². The number of hydrogen-bond acceptors (Lipinski definition) is 1. The molecule has 1 nitrogen and oxygen atoms in total. The van der Waals surface area contributed by atoms with E-state index in [1.165, 1.54) is 57.4 Å². The molecule has 0 saturated heterocycles. The number of hydrogen-bond donors (Lipinski definition) is 0. The molecule has 1 aromatic rings. The second-order valence-corrected chi connectivity index (χ2v) is 9.69. The number of allylic oxidation sites excluding steroid dienone is 2. The molecule has 172 valence electrons. The average Bonchev–Trinajstić information content (AvgIpc) is 2.78. The Balaban J connectivity index is 1.35. The summed E-state index contributed by atoms with van der Waals surface area (Å²) in [5.41, 5.74) is 0.373. The largest absolute Gasteiger partial charge is 0.490 e. The Bertz CT molecular complexity index is 726. The standard InChI is InChI=1S/C28H40F2O/c1-3-5-11-23-16-17-26(28(30)27(23)29)31-18-8-6-7-10-22-13-15-24-19-21(9-4-2)12-14-25(24)20-22/h3,6-7,16-17,21-22,24-25H,1,4-5,8-15,18-20H2,2H3/b7-6-. The maximum absolute atomic E-state index is 14.2. The third-order valence-electron chi connectivity index (χ3n) is 7.45. The zero-order valence-corrected chi connectivity index (χ0v) is 19.3. The van der Waals surface area contributed by atoms with E-state index in [0.29, 0.717) is 25.0 Å². The lowest BCUT2D eigenvalue weighted by molar-refractivity contribution is 0.0957. The molecule has 0 bridgehead atoms. The van der Waals surface area contributed by atoms with Gasteiger partial charge in [0.15, 0.2) is 11.6 Å². The summed E-state index contributed by atoms with van der Waals surface area (Å²) in [6.07, 6.45) is 20.4. The molecule has 0 N–H and O–H groups in total. The SMILES string of the molecule is C=CCCc1ccc(OCC/C=C\CC2CCC3CC(CCC)CCC3C2)c(F)c1F. The van der Waals surface area contributed by atoms with Crippen LogP contribution in [0.5, 0.6) is 5.75 Å². The van der Waals surface area contributed by atoms with Gasteiger partial charge in [-0.05, 0) is 93.1 Å². The molecule has 0 aliphatic heterocycles. The van der Waals surface area contributed by atoms with Crippen LogP contribution in [-0.2, 0) is 6.42 Å². The van der Waals surface area contributed by atoms with E-state index in [2.05, 4.69) is 25.7 Å². The van der Waals surface area contributed by atoms with Gasteiger partial charge in [0, 0.05) is 0 Å². The van der Waals surface area contributed by atoms with Gasteiger partial charge in [0.25, 0.3) is 0 Å². The summed E-state index contributed by atoms with van der Waals surface area (Å²) in [7, 11) is 0. The first kappa shape index (κ1) is 24.0. The van der Waals surface area contributed by atoms with E-state index in [-0.39, 0.29) is 5.75 Å². The minimum Gasteiger partial charge on any atom is -0.490 e. The highest BCUT2D eigenvalue weighted by Crippen LogP contribution is 2.46. The van der Waals surface area contributed by atoms with Gasteiger partial charge in [-0.25, -0.2) is 4.39 Å². The number of fused-ring (bicyclic) bond motifs is 1. The van der Waals surface area contributed by atoms with Gasteiger partial charge < -0.3 is 4.74 Å². The zero-order valence-electron chi connectivity index (χ0n) is 19.3. The monoisotopic (exact) mass is 430 g/mol. The van der Waals surface area contributed by atoms with Crippen molar-refractivity contribution in [1.82, 2.24) is 0 Å². The Kier molecular flexibility index (Phi) is 9.61. The predicted molar refractivity (Wildman–Crippen MR) is 125 cm³/mol. The predicted octanol–water partition coefficient (Wildman–Crippen LogP) is 8.43. The van der Waals surface area contributed by atoms with E-state index in [0.717, 1.165) is 36.5 Å². The number of benzene rings is 1. The van der Waals surface area contributed by atoms with Crippen LogP contribution in [0.3, 0.4) is 0 Å². The fourth-order valence-electron chi connectivity index (χ4n) is 5.75. The van der Waals surface area contributed by atoms with E-state index in [4.69, 9.17) is 4.74 Å². The van der Waals surface area contributed by atoms with E-state index in [1.807, 2.05) is 0 Å². The van der Waals surface area contributed by atoms with Crippen molar-refractivity contribution in [3.05, 3.63) is 54.1 Å². The van der Waals surface area contributed by atoms with Gasteiger partial charge in [-0.3, -0.25) is 0 Å². The molecule has 4 atom stereocenters. The summed E-state index contributed by atoms with van der Waals surface area (Å²) in [5, 5.41) is 0. The van der Waals surface area contributed by atoms with Crippen LogP contribution in [0, 0.1) is 35.3 Å². The summed E-state index contributed by atoms with van der Waals surface area (Å²) >= 11 is 0. The van der Waals surface area contributed by atoms with E-state index < -0.39 is 11.6 Å². The van der Waals surface area contributed by atoms with E-state index >= 15 is 0 Å². The topological polar surface area (TPSA) is 9.23 Å². The summed E-state index contributed by atoms with van der Waals surface area (Å²) in [4.78, 5) is 0. The van der Waals surface area contributed by atoms with Gasteiger partial charge in [-0.1, -0.05) is 50.5 Å². The molecule has 31 heavy (non-hydrogen) atoms. The van der Waals surface area contributed by atoms with Crippen LogP contribution < -0.4 is 4.74 Å². The van der Waals surface area contributed by atoms with Crippen LogP contribution in [-0.4, -0.2) is 6.61 Å². The molecule has 0 aromatic heterocycles. The Morgan fingerprint density at radius 1 is 0.968 bits per heavy atom. The average molecular weight is 431 g/mol. The van der Waals surface area contributed by atoms with Crippen molar-refractivity contribution >= 4 is 0 Å². The van der Waals surface area contributed by atoms with Crippen molar-refractivity contribution in [3.8, 4) is 5.75 Å². The normalized spacial score (nSPS) is 26.0. The molecule has 4 unspecified atom stereocenters. The minimum atomic E-state index is -0.879. The highest BCUT2D eigenvalue weighted by Gasteiger charge is 2.34. The molecule has 2 fully saturated rings. The van der Waals surface area contributed by atoms with Crippen LogP contribution in [0.1, 0.15) is 83.1 Å². The number of ether oxygens (including phenoxy) is 1. The molecule has 3 rings (SSSR count). The van der Waals surface area contributed by atoms with E-state index in [9.17, 15) is 8.78 Å². The molecule has 0 spiro atoms. The molecule has 3 heteroatoms. The van der Waals surface area contributed by atoms with Crippen molar-refractivity contribution in [2.75, 3.05) is 6.61 Å². The summed E-state index contributed by atoms with van der Waals surface area (Å²) < 4.78 is 33.7. The Morgan fingerprint density at radius 2 is 1.71 bits per heavy atom. The lowest BCUT2D eigenvalue weighted by atomic mass is 9.64. The first-order chi connectivity index (χ1) is 15.1. The van der Waals surface area contributed by atoms with Gasteiger partial charge in [-0.15, -0.1) is 6.58 Å². The number of aryl methyl sites for hydroxylation is 1. The molecule has 0 heterocycles. The van der Waals surface area contributed by atoms with Gasteiger partial charge in [0.05, 0.1) is 6.61 Å². The Hall–Kier alpha value is -1.64. The van der Waals surface area contributed by atoms with Crippen molar-refractivity contribution in [1.29, 1.82) is 0 Å². The van der Waals surface area contributed by atoms with Crippen LogP contribution in [0.25, 0.3) is 0 Å². The summed E-state index contributed by atoms with van der Waals surface area (Å²) in [6.45, 7) is 6.30. The van der Waals surface area contributed by atoms with E-state index in [1.54, 1.807) is 12.1 Å². The van der Waals surface area contributed by atoms with Gasteiger partial charge in [-0.2, -0.15) is 4.39 Å². The third kappa shape index (κ3) is 6.92. The quantitative estimate of drug-likeness (QED) is 0.253. The summed E-state index contributed by atoms with van der Waals surface area (Å²) in [6, 6.07) is 3.15. The van der Waals surface area contributed by atoms with Gasteiger partial charge in [0.1, 0.15) is 0 Å². The molecular formula is C28H40F2O. The maximum Gasteiger partial charge on any atom is 0.200 e. The summed E-state index contributed by atoms with van der Waals surface area (Å²) in [5.74, 6) is 2.07. The minimum absolute atomic E-state index is 0.00486. The molecule has 0 amide bonds. The van der Waals surface area contributed by atoms with Crippen molar-refractivity contribution in [2.45, 2.75) is 84.0 Å². The van der Waals surface area contributed by atoms with Crippen LogP contribution in [0.4, 0.5) is 8.78 Å². The van der Waals surface area contributed by atoms with Crippen molar-refractivity contribution in [2.24, 2.45) is 23.7 Å². The molecule has 0 radical (unpaired) electrons. The fourth-order valence-corrected chi connectivity index (χ4v) is 5.75. The maximum atomic E-state index is 14.2. The lowest BCUT2D eigenvalue weighted by Gasteiger charge is -2.42. The van der Waals surface area contributed by atoms with Gasteiger partial charge >= 0.3 is 0 Å². The van der Waals surface area contributed by atoms with Crippen molar-refractivity contribution in [3.63, 3.8) is 0 Å². The van der Waals surface area contributed by atoms with Gasteiger partial charge in [0.2, 0.25) is 5.82 Å². The van der Waals surface area contributed by atoms with Crippen LogP contribution in [0.15, 0.2) is 36.9 Å². The first-order valence-electron chi connectivity index (χ1n) is 12.5.